The number of halogens is 1. The number of likely N-dealkylation sites (tertiary alicyclic amines) is 1. The molecular weight excluding hydrogens is 384 g/mol. The number of aliphatic hydroxyl groups is 1. The van der Waals surface area contributed by atoms with E-state index in [0.29, 0.717) is 17.9 Å². The van der Waals surface area contributed by atoms with Crippen LogP contribution in [0.5, 0.6) is 0 Å². The fourth-order valence-corrected chi connectivity index (χ4v) is 4.92. The molecule has 1 aromatic heterocycles. The van der Waals surface area contributed by atoms with Crippen LogP contribution < -0.4 is 4.90 Å². The van der Waals surface area contributed by atoms with E-state index in [1.807, 2.05) is 0 Å². The van der Waals surface area contributed by atoms with E-state index < -0.39 is 0 Å². The van der Waals surface area contributed by atoms with Crippen molar-refractivity contribution in [3.8, 4) is 0 Å². The highest BCUT2D eigenvalue weighted by Crippen LogP contribution is 2.43. The second-order valence-corrected chi connectivity index (χ2v) is 8.63. The highest BCUT2D eigenvalue weighted by Gasteiger charge is 2.50. The summed E-state index contributed by atoms with van der Waals surface area (Å²) in [5, 5.41) is 9.73. The van der Waals surface area contributed by atoms with E-state index in [1.54, 1.807) is 12.4 Å². The molecule has 1 atom stereocenters. The van der Waals surface area contributed by atoms with Gasteiger partial charge in [0.2, 0.25) is 11.9 Å². The van der Waals surface area contributed by atoms with Crippen molar-refractivity contribution in [2.24, 2.45) is 5.41 Å². The molecule has 1 aliphatic carbocycles. The summed E-state index contributed by atoms with van der Waals surface area (Å²) in [6, 6.07) is 0.314. The lowest BCUT2D eigenvalue weighted by molar-refractivity contribution is -0.139. The topological polar surface area (TPSA) is 69.6 Å². The van der Waals surface area contributed by atoms with Gasteiger partial charge in [0.15, 0.2) is 0 Å². The first-order valence-corrected chi connectivity index (χ1v) is 10.1. The van der Waals surface area contributed by atoms with Gasteiger partial charge in [-0.15, -0.1) is 0 Å². The first-order chi connectivity index (χ1) is 12.1. The van der Waals surface area contributed by atoms with Crippen LogP contribution in [0.25, 0.3) is 0 Å². The number of hydrogen-bond acceptors (Lipinski definition) is 5. The lowest BCUT2D eigenvalue weighted by Gasteiger charge is -2.40. The minimum atomic E-state index is -0.273. The molecule has 6 nitrogen and oxygen atoms in total. The molecule has 25 heavy (non-hydrogen) atoms. The van der Waals surface area contributed by atoms with Crippen LogP contribution in [-0.4, -0.2) is 57.7 Å². The van der Waals surface area contributed by atoms with Crippen LogP contribution in [0.4, 0.5) is 5.95 Å². The molecule has 1 saturated carbocycles. The summed E-state index contributed by atoms with van der Waals surface area (Å²) in [7, 11) is 0. The average Bonchev–Trinajstić information content (AvgIpc) is 2.93. The maximum absolute atomic E-state index is 13.3. The van der Waals surface area contributed by atoms with Crippen molar-refractivity contribution in [1.82, 2.24) is 14.9 Å². The normalized spacial score (nSPS) is 33.3. The van der Waals surface area contributed by atoms with E-state index in [9.17, 15) is 9.90 Å². The Bertz CT molecular complexity index is 632. The third kappa shape index (κ3) is 3.28. The van der Waals surface area contributed by atoms with Gasteiger partial charge in [0.05, 0.1) is 16.0 Å². The number of aromatic nitrogens is 2. The van der Waals surface area contributed by atoms with Gasteiger partial charge in [-0.1, -0.05) is 0 Å². The molecule has 4 rings (SSSR count). The Morgan fingerprint density at radius 2 is 1.84 bits per heavy atom. The summed E-state index contributed by atoms with van der Waals surface area (Å²) >= 11 is 3.37. The molecule has 1 unspecified atom stereocenters. The summed E-state index contributed by atoms with van der Waals surface area (Å²) in [5.41, 5.74) is -0.273. The van der Waals surface area contributed by atoms with Crippen molar-refractivity contribution < 1.29 is 9.90 Å². The monoisotopic (exact) mass is 408 g/mol. The maximum atomic E-state index is 13.3. The fraction of sp³-hybridized carbons (Fsp3) is 0.722. The van der Waals surface area contributed by atoms with Gasteiger partial charge in [-0.25, -0.2) is 9.97 Å². The van der Waals surface area contributed by atoms with Crippen molar-refractivity contribution in [3.05, 3.63) is 16.9 Å². The molecule has 0 aromatic carbocycles. The lowest BCUT2D eigenvalue weighted by atomic mass is 9.78. The van der Waals surface area contributed by atoms with Crippen molar-refractivity contribution in [2.75, 3.05) is 24.5 Å². The predicted octanol–water partition coefficient (Wildman–Crippen LogP) is 2.36. The number of carbonyl (C=O) groups is 1. The van der Waals surface area contributed by atoms with Crippen LogP contribution >= 0.6 is 15.9 Å². The number of hydrogen-bond donors (Lipinski definition) is 1. The van der Waals surface area contributed by atoms with Gasteiger partial charge in [0.25, 0.3) is 0 Å². The number of aliphatic hydroxyl groups excluding tert-OH is 1. The summed E-state index contributed by atoms with van der Waals surface area (Å²) in [6.07, 6.45) is 9.75. The molecule has 2 aliphatic heterocycles. The van der Waals surface area contributed by atoms with Gasteiger partial charge >= 0.3 is 0 Å². The second-order valence-electron chi connectivity index (χ2n) is 7.72. The Labute approximate surface area is 156 Å². The molecule has 1 aromatic rings. The van der Waals surface area contributed by atoms with Gasteiger partial charge in [-0.05, 0) is 60.9 Å². The highest BCUT2D eigenvalue weighted by atomic mass is 79.9. The van der Waals surface area contributed by atoms with Crippen LogP contribution in [-0.2, 0) is 4.79 Å². The third-order valence-corrected chi connectivity index (χ3v) is 6.53. The molecule has 0 radical (unpaired) electrons. The molecule has 2 saturated heterocycles. The molecule has 1 N–H and O–H groups in total. The molecule has 3 aliphatic rings. The van der Waals surface area contributed by atoms with Gasteiger partial charge in [-0.2, -0.15) is 0 Å². The average molecular weight is 409 g/mol. The van der Waals surface area contributed by atoms with Crippen molar-refractivity contribution in [1.29, 1.82) is 0 Å². The van der Waals surface area contributed by atoms with E-state index in [0.717, 1.165) is 69.1 Å². The standard InChI is InChI=1S/C18H25BrN4O2/c19-13-10-20-17(21-11-13)22-8-1-6-18(12-22)7-9-23(16(18)25)14-2-4-15(24)5-3-14/h10-11,14-15,24H,1-9,12H2/t14-,15+,18?. The predicted molar refractivity (Wildman–Crippen MR) is 98.2 cm³/mol. The smallest absolute Gasteiger partial charge is 0.230 e. The molecule has 3 fully saturated rings. The molecular formula is C18H25BrN4O2. The summed E-state index contributed by atoms with van der Waals surface area (Å²) in [5.74, 6) is 1.03. The van der Waals surface area contributed by atoms with E-state index in [2.05, 4.69) is 35.7 Å². The minimum Gasteiger partial charge on any atom is -0.393 e. The number of rotatable bonds is 2. The molecule has 0 bridgehead atoms. The summed E-state index contributed by atoms with van der Waals surface area (Å²) in [4.78, 5) is 26.4. The second kappa shape index (κ2) is 6.83. The zero-order chi connectivity index (χ0) is 17.4. The van der Waals surface area contributed by atoms with Gasteiger partial charge in [0, 0.05) is 38.1 Å². The zero-order valence-corrected chi connectivity index (χ0v) is 16.0. The maximum Gasteiger partial charge on any atom is 0.230 e. The Kier molecular flexibility index (Phi) is 4.71. The first kappa shape index (κ1) is 17.2. The number of carbonyl (C=O) groups excluding carboxylic acids is 1. The van der Waals surface area contributed by atoms with Crippen molar-refractivity contribution in [3.63, 3.8) is 0 Å². The minimum absolute atomic E-state index is 0.178. The van der Waals surface area contributed by atoms with E-state index in [4.69, 9.17) is 0 Å². The van der Waals surface area contributed by atoms with Gasteiger partial charge in [0.1, 0.15) is 0 Å². The van der Waals surface area contributed by atoms with Crippen LogP contribution in [0.1, 0.15) is 44.9 Å². The van der Waals surface area contributed by atoms with Crippen LogP contribution in [0.3, 0.4) is 0 Å². The number of piperidine rings is 1. The van der Waals surface area contributed by atoms with E-state index >= 15 is 0 Å². The number of amides is 1. The lowest BCUT2D eigenvalue weighted by Crippen LogP contribution is -2.50. The van der Waals surface area contributed by atoms with Crippen LogP contribution in [0.2, 0.25) is 0 Å². The zero-order valence-electron chi connectivity index (χ0n) is 14.4. The van der Waals surface area contributed by atoms with Crippen LogP contribution in [0, 0.1) is 5.41 Å². The fourth-order valence-electron chi connectivity index (χ4n) is 4.72. The molecule has 1 amide bonds. The molecule has 1 spiro atoms. The number of nitrogens with zero attached hydrogens (tertiary/aromatic N) is 4. The molecule has 136 valence electrons. The summed E-state index contributed by atoms with van der Waals surface area (Å²) in [6.45, 7) is 2.49. The third-order valence-electron chi connectivity index (χ3n) is 6.12. The van der Waals surface area contributed by atoms with Crippen molar-refractivity contribution in [2.45, 2.75) is 57.1 Å². The van der Waals surface area contributed by atoms with E-state index in [1.165, 1.54) is 0 Å². The highest BCUT2D eigenvalue weighted by molar-refractivity contribution is 9.10. The van der Waals surface area contributed by atoms with Crippen LogP contribution in [0.15, 0.2) is 16.9 Å². The number of anilines is 1. The Balaban J connectivity index is 1.48. The largest absolute Gasteiger partial charge is 0.393 e. The molecule has 3 heterocycles. The quantitative estimate of drug-likeness (QED) is 0.812. The van der Waals surface area contributed by atoms with Crippen molar-refractivity contribution >= 4 is 27.8 Å². The van der Waals surface area contributed by atoms with Gasteiger partial charge < -0.3 is 14.9 Å². The van der Waals surface area contributed by atoms with E-state index in [-0.39, 0.29) is 11.5 Å². The van der Waals surface area contributed by atoms with Gasteiger partial charge in [-0.3, -0.25) is 4.79 Å². The first-order valence-electron chi connectivity index (χ1n) is 9.29. The summed E-state index contributed by atoms with van der Waals surface area (Å²) < 4.78 is 0.866. The molecule has 7 heteroatoms. The Hall–Kier alpha value is -1.21. The Morgan fingerprint density at radius 1 is 1.12 bits per heavy atom. The SMILES string of the molecule is O=C1N([C@H]2CC[C@@H](O)CC2)CCC12CCCN(c1ncc(Br)cn1)C2. The Morgan fingerprint density at radius 3 is 2.56 bits per heavy atom.